The molecule has 0 saturated carbocycles. The van der Waals surface area contributed by atoms with Crippen LogP contribution in [-0.2, 0) is 4.79 Å². The number of carbonyl (C=O) groups is 2. The van der Waals surface area contributed by atoms with Crippen molar-refractivity contribution < 1.29 is 14.3 Å². The summed E-state index contributed by atoms with van der Waals surface area (Å²) in [6.07, 6.45) is 1.62. The van der Waals surface area contributed by atoms with E-state index < -0.39 is 6.04 Å². The monoisotopic (exact) mass is 333 g/mol. The first-order valence-electron chi connectivity index (χ1n) is 8.41. The molecule has 1 aromatic rings. The molecule has 3 N–H and O–H groups in total. The summed E-state index contributed by atoms with van der Waals surface area (Å²) in [7, 11) is 1.58. The van der Waals surface area contributed by atoms with Crippen molar-refractivity contribution in [2.45, 2.75) is 38.8 Å². The minimum atomic E-state index is -0.533. The molecule has 2 amide bonds. The zero-order valence-corrected chi connectivity index (χ0v) is 14.6. The van der Waals surface area contributed by atoms with Crippen LogP contribution >= 0.6 is 0 Å². The lowest BCUT2D eigenvalue weighted by molar-refractivity contribution is -0.135. The van der Waals surface area contributed by atoms with Crippen LogP contribution in [0.15, 0.2) is 24.3 Å². The Morgan fingerprint density at radius 1 is 1.21 bits per heavy atom. The average molecular weight is 333 g/mol. The van der Waals surface area contributed by atoms with Crippen molar-refractivity contribution in [2.75, 3.05) is 20.2 Å². The largest absolute Gasteiger partial charge is 0.497 e. The van der Waals surface area contributed by atoms with Crippen LogP contribution in [0.5, 0.6) is 5.75 Å². The number of rotatable bonds is 5. The van der Waals surface area contributed by atoms with E-state index in [4.69, 9.17) is 10.5 Å². The predicted molar refractivity (Wildman–Crippen MR) is 92.9 cm³/mol. The van der Waals surface area contributed by atoms with E-state index in [2.05, 4.69) is 5.32 Å². The van der Waals surface area contributed by atoms with Crippen molar-refractivity contribution in [3.05, 3.63) is 29.8 Å². The van der Waals surface area contributed by atoms with Gasteiger partial charge >= 0.3 is 0 Å². The zero-order chi connectivity index (χ0) is 17.7. The molecule has 0 spiro atoms. The van der Waals surface area contributed by atoms with Crippen molar-refractivity contribution in [2.24, 2.45) is 11.7 Å². The molecule has 1 aliphatic heterocycles. The number of nitrogens with two attached hydrogens (primary N) is 1. The second kappa shape index (κ2) is 8.15. The molecule has 1 aromatic carbocycles. The molecular formula is C18H27N3O3. The Kier molecular flexibility index (Phi) is 6.20. The van der Waals surface area contributed by atoms with Crippen molar-refractivity contribution in [1.82, 2.24) is 10.2 Å². The van der Waals surface area contributed by atoms with Gasteiger partial charge in [0.15, 0.2) is 0 Å². The Labute approximate surface area is 143 Å². The molecule has 1 fully saturated rings. The molecule has 0 aromatic heterocycles. The smallest absolute Gasteiger partial charge is 0.251 e. The third kappa shape index (κ3) is 4.47. The number of piperidine rings is 1. The summed E-state index contributed by atoms with van der Waals surface area (Å²) >= 11 is 0. The lowest BCUT2D eigenvalue weighted by Crippen LogP contribution is -2.54. The second-order valence-corrected chi connectivity index (χ2v) is 6.59. The SMILES string of the molecule is COc1ccc(C(=O)NC(C(=O)N2CCC(N)CC2)C(C)C)cc1. The van der Waals surface area contributed by atoms with Crippen LogP contribution in [0.1, 0.15) is 37.0 Å². The van der Waals surface area contributed by atoms with Crippen LogP contribution in [0, 0.1) is 5.92 Å². The van der Waals surface area contributed by atoms with Crippen LogP contribution in [0.2, 0.25) is 0 Å². The quantitative estimate of drug-likeness (QED) is 0.853. The molecule has 1 atom stereocenters. The van der Waals surface area contributed by atoms with Crippen molar-refractivity contribution in [1.29, 1.82) is 0 Å². The summed E-state index contributed by atoms with van der Waals surface area (Å²) in [5, 5.41) is 2.88. The standard InChI is InChI=1S/C18H27N3O3/c1-12(2)16(18(23)21-10-8-14(19)9-11-21)20-17(22)13-4-6-15(24-3)7-5-13/h4-7,12,14,16H,8-11,19H2,1-3H3,(H,20,22). The highest BCUT2D eigenvalue weighted by atomic mass is 16.5. The van der Waals surface area contributed by atoms with E-state index in [1.165, 1.54) is 0 Å². The zero-order valence-electron chi connectivity index (χ0n) is 14.6. The van der Waals surface area contributed by atoms with Gasteiger partial charge in [-0.3, -0.25) is 9.59 Å². The summed E-state index contributed by atoms with van der Waals surface area (Å²) in [5.41, 5.74) is 6.40. The molecule has 132 valence electrons. The molecular weight excluding hydrogens is 306 g/mol. The Morgan fingerprint density at radius 3 is 2.29 bits per heavy atom. The van der Waals surface area contributed by atoms with Crippen LogP contribution in [0.25, 0.3) is 0 Å². The Morgan fingerprint density at radius 2 is 1.79 bits per heavy atom. The number of likely N-dealkylation sites (tertiary alicyclic amines) is 1. The van der Waals surface area contributed by atoms with Crippen molar-refractivity contribution in [3.8, 4) is 5.75 Å². The molecule has 6 heteroatoms. The number of carbonyl (C=O) groups excluding carboxylic acids is 2. The Balaban J connectivity index is 2.04. The normalized spacial score (nSPS) is 16.8. The van der Waals surface area contributed by atoms with Crippen molar-refractivity contribution in [3.63, 3.8) is 0 Å². The molecule has 1 heterocycles. The number of ether oxygens (including phenoxy) is 1. The fourth-order valence-corrected chi connectivity index (χ4v) is 2.80. The van der Waals surface area contributed by atoms with Gasteiger partial charge in [-0.05, 0) is 43.0 Å². The maximum Gasteiger partial charge on any atom is 0.251 e. The Hall–Kier alpha value is -2.08. The van der Waals surface area contributed by atoms with Gasteiger partial charge in [0.05, 0.1) is 7.11 Å². The van der Waals surface area contributed by atoms with E-state index in [-0.39, 0.29) is 23.8 Å². The maximum atomic E-state index is 12.8. The van der Waals surface area contributed by atoms with Gasteiger partial charge in [0.2, 0.25) is 5.91 Å². The summed E-state index contributed by atoms with van der Waals surface area (Å²) in [6.45, 7) is 5.18. The van der Waals surface area contributed by atoms with E-state index in [0.29, 0.717) is 24.4 Å². The van der Waals surface area contributed by atoms with E-state index in [0.717, 1.165) is 12.8 Å². The number of nitrogens with zero attached hydrogens (tertiary/aromatic N) is 1. The third-order valence-corrected chi connectivity index (χ3v) is 4.42. The lowest BCUT2D eigenvalue weighted by atomic mass is 9.99. The van der Waals surface area contributed by atoms with Crippen LogP contribution in [0.3, 0.4) is 0 Å². The average Bonchev–Trinajstić information content (AvgIpc) is 2.59. The van der Waals surface area contributed by atoms with Crippen molar-refractivity contribution >= 4 is 11.8 Å². The van der Waals surface area contributed by atoms with Gasteiger partial charge in [0, 0.05) is 24.7 Å². The Bertz CT molecular complexity index is 563. The van der Waals surface area contributed by atoms with E-state index in [1.807, 2.05) is 18.7 Å². The highest BCUT2D eigenvalue weighted by Gasteiger charge is 2.30. The number of nitrogens with one attached hydrogen (secondary N) is 1. The first kappa shape index (κ1) is 18.3. The number of methoxy groups -OCH3 is 1. The molecule has 1 saturated heterocycles. The molecule has 1 aliphatic rings. The number of benzene rings is 1. The van der Waals surface area contributed by atoms with Gasteiger partial charge < -0.3 is 20.7 Å². The first-order valence-corrected chi connectivity index (χ1v) is 8.41. The molecule has 1 unspecified atom stereocenters. The van der Waals surface area contributed by atoms with Crippen LogP contribution in [-0.4, -0.2) is 49.0 Å². The van der Waals surface area contributed by atoms with Gasteiger partial charge in [-0.15, -0.1) is 0 Å². The molecule has 24 heavy (non-hydrogen) atoms. The van der Waals surface area contributed by atoms with Gasteiger partial charge in [0.1, 0.15) is 11.8 Å². The van der Waals surface area contributed by atoms with E-state index >= 15 is 0 Å². The number of hydrogen-bond acceptors (Lipinski definition) is 4. The van der Waals surface area contributed by atoms with E-state index in [9.17, 15) is 9.59 Å². The summed E-state index contributed by atoms with van der Waals surface area (Å²) in [4.78, 5) is 27.0. The molecule has 6 nitrogen and oxygen atoms in total. The lowest BCUT2D eigenvalue weighted by Gasteiger charge is -2.34. The minimum absolute atomic E-state index is 0.00954. The molecule has 0 radical (unpaired) electrons. The van der Waals surface area contributed by atoms with Gasteiger partial charge in [-0.2, -0.15) is 0 Å². The minimum Gasteiger partial charge on any atom is -0.497 e. The topological polar surface area (TPSA) is 84.7 Å². The van der Waals surface area contributed by atoms with Crippen LogP contribution in [0.4, 0.5) is 0 Å². The summed E-state index contributed by atoms with van der Waals surface area (Å²) in [6, 6.07) is 6.47. The number of amides is 2. The molecule has 2 rings (SSSR count). The summed E-state index contributed by atoms with van der Waals surface area (Å²) < 4.78 is 5.09. The maximum absolute atomic E-state index is 12.8. The third-order valence-electron chi connectivity index (χ3n) is 4.42. The van der Waals surface area contributed by atoms with Gasteiger partial charge in [0.25, 0.3) is 5.91 Å². The summed E-state index contributed by atoms with van der Waals surface area (Å²) in [5.74, 6) is 0.417. The van der Waals surface area contributed by atoms with Crippen LogP contribution < -0.4 is 15.8 Å². The van der Waals surface area contributed by atoms with Gasteiger partial charge in [-0.1, -0.05) is 13.8 Å². The number of hydrogen-bond donors (Lipinski definition) is 2. The highest BCUT2D eigenvalue weighted by molar-refractivity contribution is 5.97. The fraction of sp³-hybridized carbons (Fsp3) is 0.556. The second-order valence-electron chi connectivity index (χ2n) is 6.59. The molecule has 0 aliphatic carbocycles. The highest BCUT2D eigenvalue weighted by Crippen LogP contribution is 2.15. The van der Waals surface area contributed by atoms with Gasteiger partial charge in [-0.25, -0.2) is 0 Å². The fourth-order valence-electron chi connectivity index (χ4n) is 2.80. The first-order chi connectivity index (χ1) is 11.4. The van der Waals surface area contributed by atoms with E-state index in [1.54, 1.807) is 31.4 Å². The molecule has 0 bridgehead atoms. The predicted octanol–water partition coefficient (Wildman–Crippen LogP) is 1.40.